The average molecular weight is 1040 g/mol. The number of nitrogens with one attached hydrogen (secondary N) is 2. The van der Waals surface area contributed by atoms with Crippen molar-refractivity contribution in [1.29, 1.82) is 0 Å². The Morgan fingerprint density at radius 2 is 0.853 bits per heavy atom. The summed E-state index contributed by atoms with van der Waals surface area (Å²) in [6.07, 6.45) is 2.00. The smallest absolute Gasteiger partial charge is 0.345 e. The van der Waals surface area contributed by atoms with E-state index in [1.807, 2.05) is 42.5 Å². The first-order chi connectivity index (χ1) is 36.8. The molecule has 4 fully saturated rings. The van der Waals surface area contributed by atoms with Crippen molar-refractivity contribution in [3.63, 3.8) is 0 Å². The average Bonchev–Trinajstić information content (AvgIpc) is 3.87. The summed E-state index contributed by atoms with van der Waals surface area (Å²) < 4.78 is 11.3. The fourth-order valence-electron chi connectivity index (χ4n) is 9.59. The fraction of sp³-hybridized carbons (Fsp3) is 0.407. The molecule has 4 saturated heterocycles. The van der Waals surface area contributed by atoms with Crippen LogP contribution in [-0.2, 0) is 9.47 Å². The number of likely N-dealkylation sites (N-methyl/N-ethyl adjacent to an activating group) is 2. The van der Waals surface area contributed by atoms with Crippen molar-refractivity contribution in [2.24, 2.45) is 0 Å². The summed E-state index contributed by atoms with van der Waals surface area (Å²) in [6, 6.07) is 29.3. The lowest BCUT2D eigenvalue weighted by Gasteiger charge is -2.35. The molecule has 2 aromatic heterocycles. The van der Waals surface area contributed by atoms with Gasteiger partial charge >= 0.3 is 12.1 Å². The topological polar surface area (TPSA) is 180 Å². The monoisotopic (exact) mass is 1040 g/mol. The van der Waals surface area contributed by atoms with Crippen molar-refractivity contribution in [3.05, 3.63) is 108 Å². The van der Waals surface area contributed by atoms with Crippen LogP contribution in [0, 0.1) is 0 Å². The molecule has 4 amide bonds. The number of rotatable bonds is 12. The number of carbonyl (C=O) groups excluding carboxylic acids is 2. The number of morpholine rings is 2. The van der Waals surface area contributed by atoms with Crippen molar-refractivity contribution < 1.29 is 19.1 Å². The summed E-state index contributed by atoms with van der Waals surface area (Å²) in [5.41, 5.74) is 3.25. The molecule has 0 bridgehead atoms. The van der Waals surface area contributed by atoms with Crippen LogP contribution in [0.15, 0.2) is 103 Å². The molecule has 21 heteroatoms. The van der Waals surface area contributed by atoms with E-state index in [0.717, 1.165) is 83.9 Å². The maximum atomic E-state index is 15.0. The van der Waals surface area contributed by atoms with E-state index in [0.29, 0.717) is 121 Å². The number of ether oxygens (including phenoxy) is 2. The Bertz CT molecular complexity index is 2840. The molecule has 6 aromatic rings. The molecule has 10 rings (SSSR count). The van der Waals surface area contributed by atoms with Gasteiger partial charge in [0.15, 0.2) is 11.6 Å². The van der Waals surface area contributed by atoms with Crippen molar-refractivity contribution in [3.8, 4) is 22.8 Å². The number of carbonyl (C=O) groups is 2. The van der Waals surface area contributed by atoms with Gasteiger partial charge in [-0.15, -0.1) is 0 Å². The van der Waals surface area contributed by atoms with Gasteiger partial charge in [0.1, 0.15) is 0 Å². The maximum absolute atomic E-state index is 15.0. The Balaban J connectivity index is 0.968. The SMILES string of the molecule is CCN1CCCN(c2nc(-c3ccc(NC(=O)N(c4ccc(Cl)cc4)N(C(=O)Nc4ccccc4)c4ccc(-c5nc(N6CCOCC6)nc(N6CCCN(CC)CC6)n5)cc4)cc3)nc(N3CCOCC3)n2)CC1. The number of benzene rings is 4. The van der Waals surface area contributed by atoms with E-state index in [1.54, 1.807) is 60.7 Å². The van der Waals surface area contributed by atoms with Gasteiger partial charge in [-0.25, -0.2) is 9.59 Å². The van der Waals surface area contributed by atoms with Gasteiger partial charge in [0, 0.05) is 93.0 Å². The number of urea groups is 2. The lowest BCUT2D eigenvalue weighted by Crippen LogP contribution is -2.53. The predicted octanol–water partition coefficient (Wildman–Crippen LogP) is 7.47. The third kappa shape index (κ3) is 12.7. The molecule has 0 aliphatic carbocycles. The van der Waals surface area contributed by atoms with Crippen molar-refractivity contribution >= 4 is 70.2 Å². The van der Waals surface area contributed by atoms with Gasteiger partial charge in [0.25, 0.3) is 0 Å². The number of halogens is 1. The summed E-state index contributed by atoms with van der Waals surface area (Å²) in [4.78, 5) is 73.6. The number of amides is 4. The van der Waals surface area contributed by atoms with Crippen LogP contribution in [0.3, 0.4) is 0 Å². The first-order valence-corrected chi connectivity index (χ1v) is 26.5. The van der Waals surface area contributed by atoms with Gasteiger partial charge in [-0.05, 0) is 124 Å². The second-order valence-corrected chi connectivity index (χ2v) is 19.2. The summed E-state index contributed by atoms with van der Waals surface area (Å²) >= 11 is 6.43. The Kier molecular flexibility index (Phi) is 16.7. The number of aromatic nitrogens is 6. The first-order valence-electron chi connectivity index (χ1n) is 26.1. The molecule has 75 heavy (non-hydrogen) atoms. The quantitative estimate of drug-likeness (QED) is 0.115. The second-order valence-electron chi connectivity index (χ2n) is 18.7. The zero-order chi connectivity index (χ0) is 51.5. The summed E-state index contributed by atoms with van der Waals surface area (Å²) in [5, 5.41) is 9.13. The number of para-hydroxylation sites is 1. The van der Waals surface area contributed by atoms with E-state index in [2.05, 4.69) is 53.9 Å². The molecule has 4 aliphatic rings. The van der Waals surface area contributed by atoms with Crippen LogP contribution in [0.4, 0.5) is 56.1 Å². The molecule has 392 valence electrons. The molecule has 2 N–H and O–H groups in total. The Morgan fingerprint density at radius 3 is 1.28 bits per heavy atom. The molecule has 0 unspecified atom stereocenters. The normalized spacial score (nSPS) is 17.0. The third-order valence-electron chi connectivity index (χ3n) is 13.9. The molecule has 4 aliphatic heterocycles. The minimum absolute atomic E-state index is 0.376. The van der Waals surface area contributed by atoms with Gasteiger partial charge in [0.05, 0.1) is 37.8 Å². The molecule has 20 nitrogen and oxygen atoms in total. The van der Waals surface area contributed by atoms with Gasteiger partial charge in [-0.1, -0.05) is 43.6 Å². The van der Waals surface area contributed by atoms with Crippen LogP contribution in [0.1, 0.15) is 26.7 Å². The molecular formula is C54H65ClN16O4. The molecule has 0 radical (unpaired) electrons. The number of hydrogen-bond donors (Lipinski definition) is 2. The molecule has 4 aromatic carbocycles. The fourth-order valence-corrected chi connectivity index (χ4v) is 9.72. The largest absolute Gasteiger partial charge is 0.378 e. The van der Waals surface area contributed by atoms with Crippen LogP contribution in [0.5, 0.6) is 0 Å². The summed E-state index contributed by atoms with van der Waals surface area (Å²) in [7, 11) is 0. The Morgan fingerprint density at radius 1 is 0.467 bits per heavy atom. The zero-order valence-corrected chi connectivity index (χ0v) is 43.5. The van der Waals surface area contributed by atoms with E-state index in [4.69, 9.17) is 51.0 Å². The zero-order valence-electron chi connectivity index (χ0n) is 42.7. The lowest BCUT2D eigenvalue weighted by atomic mass is 10.2. The Labute approximate surface area is 443 Å². The van der Waals surface area contributed by atoms with E-state index >= 15 is 4.79 Å². The third-order valence-corrected chi connectivity index (χ3v) is 14.1. The van der Waals surface area contributed by atoms with Crippen molar-refractivity contribution in [2.75, 3.05) is 158 Å². The first kappa shape index (κ1) is 51.3. The van der Waals surface area contributed by atoms with Gasteiger partial charge in [0.2, 0.25) is 23.8 Å². The Hall–Kier alpha value is -7.23. The summed E-state index contributed by atoms with van der Waals surface area (Å²) in [5.74, 6) is 3.50. The van der Waals surface area contributed by atoms with Crippen LogP contribution in [0.25, 0.3) is 22.8 Å². The van der Waals surface area contributed by atoms with E-state index in [1.165, 1.54) is 10.0 Å². The molecule has 6 heterocycles. The maximum Gasteiger partial charge on any atom is 0.345 e. The van der Waals surface area contributed by atoms with E-state index < -0.39 is 12.1 Å². The molecular weight excluding hydrogens is 972 g/mol. The molecule has 0 spiro atoms. The van der Waals surface area contributed by atoms with Crippen molar-refractivity contribution in [2.45, 2.75) is 26.7 Å². The highest BCUT2D eigenvalue weighted by Gasteiger charge is 2.31. The number of hydrazine groups is 1. The minimum Gasteiger partial charge on any atom is -0.378 e. The number of hydrogen-bond acceptors (Lipinski definition) is 16. The van der Waals surface area contributed by atoms with Crippen LogP contribution >= 0.6 is 11.6 Å². The summed E-state index contributed by atoms with van der Waals surface area (Å²) in [6.45, 7) is 18.6. The second kappa shape index (κ2) is 24.4. The highest BCUT2D eigenvalue weighted by atomic mass is 35.5. The molecule has 0 saturated carbocycles. The van der Waals surface area contributed by atoms with Crippen LogP contribution in [-0.4, -0.2) is 170 Å². The molecule has 0 atom stereocenters. The highest BCUT2D eigenvalue weighted by Crippen LogP contribution is 2.31. The predicted molar refractivity (Wildman–Crippen MR) is 295 cm³/mol. The van der Waals surface area contributed by atoms with E-state index in [9.17, 15) is 4.79 Å². The lowest BCUT2D eigenvalue weighted by molar-refractivity contribution is 0.122. The minimum atomic E-state index is -0.618. The van der Waals surface area contributed by atoms with Crippen molar-refractivity contribution in [1.82, 2.24) is 39.7 Å². The van der Waals surface area contributed by atoms with Gasteiger partial charge < -0.3 is 49.5 Å². The standard InChI is InChI=1S/C54H65ClN16O4/c1-3-64-24-8-26-66(30-28-64)49-58-47(60-51(62-49)68-32-36-74-37-33-68)40-12-18-44(19-13-40)57-54(73)71(46-22-16-42(55)17-23-46)70(53(72)56-43-10-6-5-7-11-43)45-20-14-41(15-21-45)48-59-50(67-27-9-25-65(4-2)29-31-67)63-52(61-48)69-34-38-75-39-35-69/h5-7,10-23H,3-4,8-9,24-39H2,1-2H3,(H,56,72)(H,57,73). The van der Waals surface area contributed by atoms with E-state index in [-0.39, 0.29) is 0 Å². The number of nitrogens with zero attached hydrogens (tertiary/aromatic N) is 14. The number of anilines is 8. The van der Waals surface area contributed by atoms with Crippen LogP contribution in [0.2, 0.25) is 5.02 Å². The van der Waals surface area contributed by atoms with Crippen LogP contribution < -0.4 is 40.3 Å². The highest BCUT2D eigenvalue weighted by molar-refractivity contribution is 6.30. The van der Waals surface area contributed by atoms with Gasteiger partial charge in [-0.2, -0.15) is 39.9 Å². The van der Waals surface area contributed by atoms with Gasteiger partial charge in [-0.3, -0.25) is 0 Å².